The zero-order valence-corrected chi connectivity index (χ0v) is 18.5. The average molecular weight is 450 g/mol. The number of carbonyl (C=O) groups is 1. The van der Waals surface area contributed by atoms with Crippen LogP contribution in [0.2, 0.25) is 0 Å². The van der Waals surface area contributed by atoms with E-state index in [-0.39, 0.29) is 5.91 Å². The first-order chi connectivity index (χ1) is 16.8. The molecule has 1 aromatic carbocycles. The molecule has 0 radical (unpaired) electrons. The first-order valence-corrected chi connectivity index (χ1v) is 11.4. The van der Waals surface area contributed by atoms with E-state index >= 15 is 0 Å². The molecule has 34 heavy (non-hydrogen) atoms. The van der Waals surface area contributed by atoms with Crippen molar-refractivity contribution in [3.05, 3.63) is 84.3 Å². The third kappa shape index (κ3) is 3.63. The minimum Gasteiger partial charge on any atom is -0.352 e. The molecule has 168 valence electrons. The Bertz CT molecular complexity index is 1470. The highest BCUT2D eigenvalue weighted by molar-refractivity contribution is 6.03. The molecule has 0 fully saturated rings. The summed E-state index contributed by atoms with van der Waals surface area (Å²) in [4.78, 5) is 28.9. The van der Waals surface area contributed by atoms with Crippen LogP contribution in [0.1, 0.15) is 28.2 Å². The van der Waals surface area contributed by atoms with Crippen molar-refractivity contribution < 1.29 is 4.79 Å². The Kier molecular flexibility index (Phi) is 5.10. The highest BCUT2D eigenvalue weighted by Crippen LogP contribution is 2.39. The second kappa shape index (κ2) is 8.55. The number of fused-ring (bicyclic) bond motifs is 2. The number of nitrogens with one attached hydrogen (secondary N) is 2. The summed E-state index contributed by atoms with van der Waals surface area (Å²) in [5, 5.41) is 8.88. The summed E-state index contributed by atoms with van der Waals surface area (Å²) in [7, 11) is 0. The molecule has 4 aromatic heterocycles. The number of aryl methyl sites for hydroxylation is 1. The van der Waals surface area contributed by atoms with E-state index in [4.69, 9.17) is 5.10 Å². The van der Waals surface area contributed by atoms with Crippen LogP contribution >= 0.6 is 0 Å². The quantitative estimate of drug-likeness (QED) is 0.411. The number of imidazole rings is 1. The molecule has 0 aliphatic carbocycles. The lowest BCUT2D eigenvalue weighted by molar-refractivity contribution is 0.0954. The number of aromatic nitrogens is 6. The summed E-state index contributed by atoms with van der Waals surface area (Å²) in [6.45, 7) is 1.45. The zero-order chi connectivity index (χ0) is 22.9. The third-order valence-electron chi connectivity index (χ3n) is 6.26. The molecule has 8 heteroatoms. The van der Waals surface area contributed by atoms with Crippen LogP contribution in [0.25, 0.3) is 33.4 Å². The second-order valence-corrected chi connectivity index (χ2v) is 8.39. The Morgan fingerprint density at radius 1 is 1.12 bits per heavy atom. The molecule has 0 unspecified atom stereocenters. The Hall–Kier alpha value is -4.33. The van der Waals surface area contributed by atoms with Crippen molar-refractivity contribution in [1.29, 1.82) is 0 Å². The molecule has 2 N–H and O–H groups in total. The fraction of sp³-hybridized carbons (Fsp3) is 0.192. The van der Waals surface area contributed by atoms with E-state index in [1.54, 1.807) is 24.9 Å². The molecule has 0 atom stereocenters. The number of hydrogen-bond donors (Lipinski definition) is 2. The SMILES string of the molecule is O=C(NCCc1cnc[nH]1)c1ccc2c(-c3c(-c4ccccn4)nn4c3CCC4)ccnc2c1. The van der Waals surface area contributed by atoms with Crippen LogP contribution in [0.4, 0.5) is 0 Å². The van der Waals surface area contributed by atoms with Crippen molar-refractivity contribution >= 4 is 16.8 Å². The smallest absolute Gasteiger partial charge is 0.251 e. The van der Waals surface area contributed by atoms with Gasteiger partial charge in [-0.25, -0.2) is 4.98 Å². The van der Waals surface area contributed by atoms with E-state index in [0.717, 1.165) is 58.5 Å². The van der Waals surface area contributed by atoms with Crippen LogP contribution in [0.3, 0.4) is 0 Å². The molecule has 1 amide bonds. The minimum atomic E-state index is -0.116. The predicted octanol–water partition coefficient (Wildman–Crippen LogP) is 3.80. The maximum absolute atomic E-state index is 12.7. The van der Waals surface area contributed by atoms with Crippen LogP contribution in [0.5, 0.6) is 0 Å². The van der Waals surface area contributed by atoms with Crippen molar-refractivity contribution in [3.63, 3.8) is 0 Å². The summed E-state index contributed by atoms with van der Waals surface area (Å²) >= 11 is 0. The standard InChI is InChI=1S/C26H23N7O/c34-26(30-11-8-18-15-27-16-31-18)17-6-7-19-20(9-12-29-22(19)14-17)24-23-5-3-13-33(23)32-25(24)21-4-1-2-10-28-21/h1-2,4,6-7,9-10,12,14-16H,3,5,8,11,13H2,(H,27,31)(H,30,34). The Balaban J connectivity index is 1.35. The van der Waals surface area contributed by atoms with Crippen molar-refractivity contribution in [1.82, 2.24) is 35.0 Å². The Morgan fingerprint density at radius 3 is 2.94 bits per heavy atom. The number of nitrogens with zero attached hydrogens (tertiary/aromatic N) is 5. The minimum absolute atomic E-state index is 0.116. The van der Waals surface area contributed by atoms with Crippen molar-refractivity contribution in [2.45, 2.75) is 25.8 Å². The summed E-state index contributed by atoms with van der Waals surface area (Å²) < 4.78 is 2.10. The molecule has 1 aliphatic rings. The van der Waals surface area contributed by atoms with Gasteiger partial charge in [-0.15, -0.1) is 0 Å². The first kappa shape index (κ1) is 20.3. The summed E-state index contributed by atoms with van der Waals surface area (Å²) in [5.74, 6) is -0.116. The molecule has 5 heterocycles. The van der Waals surface area contributed by atoms with Gasteiger partial charge in [-0.05, 0) is 48.7 Å². The van der Waals surface area contributed by atoms with Gasteiger partial charge >= 0.3 is 0 Å². The maximum atomic E-state index is 12.7. The lowest BCUT2D eigenvalue weighted by atomic mass is 9.96. The van der Waals surface area contributed by atoms with Gasteiger partial charge in [0.25, 0.3) is 5.91 Å². The van der Waals surface area contributed by atoms with Crippen molar-refractivity contribution in [2.75, 3.05) is 6.54 Å². The van der Waals surface area contributed by atoms with Crippen molar-refractivity contribution in [2.24, 2.45) is 0 Å². The number of hydrogen-bond acceptors (Lipinski definition) is 5. The maximum Gasteiger partial charge on any atom is 0.251 e. The largest absolute Gasteiger partial charge is 0.352 e. The number of rotatable bonds is 6. The van der Waals surface area contributed by atoms with Crippen LogP contribution < -0.4 is 5.32 Å². The zero-order valence-electron chi connectivity index (χ0n) is 18.5. The fourth-order valence-electron chi connectivity index (χ4n) is 4.64. The van der Waals surface area contributed by atoms with Gasteiger partial charge in [0, 0.05) is 66.0 Å². The number of carbonyl (C=O) groups excluding carboxylic acids is 1. The average Bonchev–Trinajstić information content (AvgIpc) is 3.62. The molecule has 1 aliphatic heterocycles. The topological polar surface area (TPSA) is 101 Å². The predicted molar refractivity (Wildman–Crippen MR) is 129 cm³/mol. The molecule has 6 rings (SSSR count). The molecular formula is C26H23N7O. The number of amides is 1. The van der Waals surface area contributed by atoms with Gasteiger partial charge < -0.3 is 10.3 Å². The van der Waals surface area contributed by atoms with Gasteiger partial charge in [-0.1, -0.05) is 12.1 Å². The number of pyridine rings is 2. The van der Waals surface area contributed by atoms with Crippen LogP contribution in [-0.2, 0) is 19.4 Å². The normalized spacial score (nSPS) is 12.7. The van der Waals surface area contributed by atoms with Crippen LogP contribution in [0, 0.1) is 0 Å². The van der Waals surface area contributed by atoms with E-state index in [2.05, 4.69) is 29.9 Å². The fourth-order valence-corrected chi connectivity index (χ4v) is 4.64. The second-order valence-electron chi connectivity index (χ2n) is 8.39. The van der Waals surface area contributed by atoms with Gasteiger partial charge in [0.1, 0.15) is 5.69 Å². The van der Waals surface area contributed by atoms with Gasteiger partial charge in [-0.3, -0.25) is 19.4 Å². The highest BCUT2D eigenvalue weighted by Gasteiger charge is 2.25. The molecule has 0 bridgehead atoms. The molecular weight excluding hydrogens is 426 g/mol. The number of aromatic amines is 1. The summed E-state index contributed by atoms with van der Waals surface area (Å²) in [5.41, 5.74) is 7.52. The third-order valence-corrected chi connectivity index (χ3v) is 6.26. The van der Waals surface area contributed by atoms with Crippen LogP contribution in [-0.4, -0.2) is 42.2 Å². The van der Waals surface area contributed by atoms with E-state index in [1.807, 2.05) is 42.5 Å². The lowest BCUT2D eigenvalue weighted by Crippen LogP contribution is -2.25. The highest BCUT2D eigenvalue weighted by atomic mass is 16.1. The van der Waals surface area contributed by atoms with Crippen molar-refractivity contribution in [3.8, 4) is 22.5 Å². The van der Waals surface area contributed by atoms with E-state index in [1.165, 1.54) is 5.69 Å². The van der Waals surface area contributed by atoms with Gasteiger partial charge in [0.2, 0.25) is 0 Å². The van der Waals surface area contributed by atoms with E-state index in [9.17, 15) is 4.79 Å². The Morgan fingerprint density at radius 2 is 2.09 bits per heavy atom. The summed E-state index contributed by atoms with van der Waals surface area (Å²) in [6, 6.07) is 13.6. The monoisotopic (exact) mass is 449 g/mol. The molecule has 8 nitrogen and oxygen atoms in total. The first-order valence-electron chi connectivity index (χ1n) is 11.4. The van der Waals surface area contributed by atoms with E-state index in [0.29, 0.717) is 18.5 Å². The van der Waals surface area contributed by atoms with Gasteiger partial charge in [-0.2, -0.15) is 5.10 Å². The van der Waals surface area contributed by atoms with Gasteiger partial charge in [0.05, 0.1) is 17.5 Å². The van der Waals surface area contributed by atoms with E-state index < -0.39 is 0 Å². The Labute approximate surface area is 196 Å². The molecule has 0 saturated heterocycles. The number of H-pyrrole nitrogens is 1. The summed E-state index contributed by atoms with van der Waals surface area (Å²) in [6.07, 6.45) is 9.77. The number of benzene rings is 1. The van der Waals surface area contributed by atoms with Crippen LogP contribution in [0.15, 0.2) is 67.4 Å². The molecule has 0 saturated carbocycles. The molecule has 5 aromatic rings. The molecule has 0 spiro atoms. The van der Waals surface area contributed by atoms with Gasteiger partial charge in [0.15, 0.2) is 0 Å². The lowest BCUT2D eigenvalue weighted by Gasteiger charge is -2.10.